The van der Waals surface area contributed by atoms with E-state index in [9.17, 15) is 4.79 Å². The molecule has 6 nitrogen and oxygen atoms in total. The Morgan fingerprint density at radius 2 is 2.35 bits per heavy atom. The predicted molar refractivity (Wildman–Crippen MR) is 88.3 cm³/mol. The average molecular weight is 331 g/mol. The van der Waals surface area contributed by atoms with Gasteiger partial charge in [0.25, 0.3) is 0 Å². The number of amides is 2. The summed E-state index contributed by atoms with van der Waals surface area (Å²) in [7, 11) is 0. The van der Waals surface area contributed by atoms with Crippen molar-refractivity contribution >= 4 is 17.4 Å². The van der Waals surface area contributed by atoms with Gasteiger partial charge in [0.2, 0.25) is 0 Å². The number of hydrogen-bond donors (Lipinski definition) is 1. The van der Waals surface area contributed by atoms with E-state index in [1.54, 1.807) is 6.20 Å². The van der Waals surface area contributed by atoms with Gasteiger partial charge in [-0.15, -0.1) is 16.4 Å². The number of urea groups is 1. The van der Waals surface area contributed by atoms with Crippen molar-refractivity contribution in [2.45, 2.75) is 50.7 Å². The molecule has 122 valence electrons. The minimum absolute atomic E-state index is 0.0664. The maximum atomic E-state index is 12.8. The lowest BCUT2D eigenvalue weighted by Crippen LogP contribution is -2.46. The Bertz CT molecular complexity index is 668. The second-order valence-electron chi connectivity index (χ2n) is 6.31. The normalized spacial score (nSPS) is 23.7. The van der Waals surface area contributed by atoms with Gasteiger partial charge in [0.1, 0.15) is 0 Å². The van der Waals surface area contributed by atoms with Crippen LogP contribution in [0.2, 0.25) is 0 Å². The van der Waals surface area contributed by atoms with Gasteiger partial charge in [0.05, 0.1) is 24.8 Å². The Balaban J connectivity index is 1.43. The monoisotopic (exact) mass is 331 g/mol. The van der Waals surface area contributed by atoms with E-state index in [0.29, 0.717) is 0 Å². The van der Waals surface area contributed by atoms with Crippen LogP contribution in [0.15, 0.2) is 23.8 Å². The van der Waals surface area contributed by atoms with Gasteiger partial charge in [0, 0.05) is 17.6 Å². The average Bonchev–Trinajstić information content (AvgIpc) is 3.29. The fourth-order valence-electron chi connectivity index (χ4n) is 3.71. The molecule has 1 fully saturated rings. The van der Waals surface area contributed by atoms with Crippen LogP contribution in [-0.2, 0) is 13.0 Å². The molecular weight excluding hydrogens is 310 g/mol. The lowest BCUT2D eigenvalue weighted by molar-refractivity contribution is 0.180. The van der Waals surface area contributed by atoms with E-state index in [1.165, 1.54) is 10.4 Å². The number of likely N-dealkylation sites (tertiary alicyclic amines) is 1. The molecule has 2 amide bonds. The molecule has 0 radical (unpaired) electrons. The summed E-state index contributed by atoms with van der Waals surface area (Å²) in [4.78, 5) is 16.2. The van der Waals surface area contributed by atoms with Gasteiger partial charge < -0.3 is 10.2 Å². The lowest BCUT2D eigenvalue weighted by atomic mass is 9.94. The molecule has 1 aliphatic carbocycles. The van der Waals surface area contributed by atoms with E-state index < -0.39 is 0 Å². The molecule has 3 heterocycles. The van der Waals surface area contributed by atoms with E-state index in [1.807, 2.05) is 27.1 Å². The van der Waals surface area contributed by atoms with E-state index in [4.69, 9.17) is 0 Å². The van der Waals surface area contributed by atoms with Crippen LogP contribution in [0.1, 0.15) is 42.2 Å². The summed E-state index contributed by atoms with van der Waals surface area (Å²) in [5.74, 6) is 0. The number of aromatic nitrogens is 3. The molecule has 7 heteroatoms. The largest absolute Gasteiger partial charge is 0.331 e. The van der Waals surface area contributed by atoms with Crippen molar-refractivity contribution in [2.75, 3.05) is 6.54 Å². The number of carbonyl (C=O) groups excluding carboxylic acids is 1. The molecule has 0 aromatic carbocycles. The first-order chi connectivity index (χ1) is 11.3. The van der Waals surface area contributed by atoms with Crippen LogP contribution in [0.4, 0.5) is 4.79 Å². The van der Waals surface area contributed by atoms with Crippen LogP contribution in [0.25, 0.3) is 0 Å². The molecular formula is C16H21N5OS. The first-order valence-corrected chi connectivity index (χ1v) is 9.17. The van der Waals surface area contributed by atoms with Gasteiger partial charge in [-0.25, -0.2) is 4.79 Å². The van der Waals surface area contributed by atoms with E-state index in [2.05, 4.69) is 27.1 Å². The summed E-state index contributed by atoms with van der Waals surface area (Å²) in [6, 6.07) is 2.62. The zero-order valence-corrected chi connectivity index (χ0v) is 13.8. The third kappa shape index (κ3) is 2.97. The molecule has 0 saturated carbocycles. The number of thiophene rings is 1. The second kappa shape index (κ2) is 6.31. The Morgan fingerprint density at radius 3 is 3.22 bits per heavy atom. The van der Waals surface area contributed by atoms with Crippen molar-refractivity contribution in [3.05, 3.63) is 34.3 Å². The Morgan fingerprint density at radius 1 is 1.39 bits per heavy atom. The van der Waals surface area contributed by atoms with Crippen LogP contribution >= 0.6 is 11.3 Å². The highest BCUT2D eigenvalue weighted by Gasteiger charge is 2.31. The van der Waals surface area contributed by atoms with Gasteiger partial charge in [0.15, 0.2) is 0 Å². The van der Waals surface area contributed by atoms with E-state index in [0.717, 1.165) is 45.2 Å². The van der Waals surface area contributed by atoms with Crippen molar-refractivity contribution in [3.63, 3.8) is 0 Å². The number of rotatable bonds is 3. The summed E-state index contributed by atoms with van der Waals surface area (Å²) < 4.78 is 1.81. The van der Waals surface area contributed by atoms with Gasteiger partial charge in [-0.2, -0.15) is 0 Å². The summed E-state index contributed by atoms with van der Waals surface area (Å²) in [5, 5.41) is 13.3. The van der Waals surface area contributed by atoms with Crippen LogP contribution in [0.5, 0.6) is 0 Å². The maximum Gasteiger partial charge on any atom is 0.318 e. The second-order valence-corrected chi connectivity index (χ2v) is 7.31. The number of hydrogen-bond acceptors (Lipinski definition) is 4. The molecule has 2 aromatic rings. The number of fused-ring (bicyclic) bond motifs is 1. The highest BCUT2D eigenvalue weighted by molar-refractivity contribution is 7.10. The molecule has 2 aliphatic rings. The third-order valence-corrected chi connectivity index (χ3v) is 5.85. The number of aryl methyl sites for hydroxylation is 1. The van der Waals surface area contributed by atoms with Crippen LogP contribution in [0.3, 0.4) is 0 Å². The van der Waals surface area contributed by atoms with E-state index in [-0.39, 0.29) is 18.1 Å². The first kappa shape index (κ1) is 14.7. The van der Waals surface area contributed by atoms with Crippen molar-refractivity contribution in [3.8, 4) is 0 Å². The Hall–Kier alpha value is -1.89. The zero-order chi connectivity index (χ0) is 15.6. The summed E-state index contributed by atoms with van der Waals surface area (Å²) in [6.07, 6.45) is 8.96. The Labute approximate surface area is 139 Å². The van der Waals surface area contributed by atoms with Crippen molar-refractivity contribution in [1.29, 1.82) is 0 Å². The van der Waals surface area contributed by atoms with Gasteiger partial charge in [-0.3, -0.25) is 4.68 Å². The SMILES string of the molecule is O=C(NC1CCCc2sccc21)N1CCC[C@H]1Cn1ccnn1. The fourth-order valence-corrected chi connectivity index (χ4v) is 4.69. The highest BCUT2D eigenvalue weighted by Crippen LogP contribution is 2.33. The highest BCUT2D eigenvalue weighted by atomic mass is 32.1. The molecule has 0 bridgehead atoms. The predicted octanol–water partition coefficient (Wildman–Crippen LogP) is 2.59. The Kier molecular flexibility index (Phi) is 4.03. The van der Waals surface area contributed by atoms with Gasteiger partial charge in [-0.1, -0.05) is 5.21 Å². The quantitative estimate of drug-likeness (QED) is 0.940. The molecule has 2 atom stereocenters. The molecule has 1 saturated heterocycles. The van der Waals surface area contributed by atoms with Gasteiger partial charge in [-0.05, 0) is 49.1 Å². The zero-order valence-electron chi connectivity index (χ0n) is 13.0. The van der Waals surface area contributed by atoms with Crippen LogP contribution in [0, 0.1) is 0 Å². The summed E-state index contributed by atoms with van der Waals surface area (Å²) in [6.45, 7) is 1.55. The van der Waals surface area contributed by atoms with Crippen LogP contribution < -0.4 is 5.32 Å². The minimum atomic E-state index is 0.0664. The minimum Gasteiger partial charge on any atom is -0.331 e. The number of nitrogens with one attached hydrogen (secondary N) is 1. The molecule has 4 rings (SSSR count). The number of nitrogens with zero attached hydrogens (tertiary/aromatic N) is 4. The summed E-state index contributed by atoms with van der Waals surface area (Å²) >= 11 is 1.81. The van der Waals surface area contributed by atoms with Crippen molar-refractivity contribution < 1.29 is 4.79 Å². The topological polar surface area (TPSA) is 63.1 Å². The molecule has 2 aromatic heterocycles. The fraction of sp³-hybridized carbons (Fsp3) is 0.562. The molecule has 1 aliphatic heterocycles. The smallest absolute Gasteiger partial charge is 0.318 e. The van der Waals surface area contributed by atoms with Crippen molar-refractivity contribution in [2.24, 2.45) is 0 Å². The molecule has 0 spiro atoms. The molecule has 1 N–H and O–H groups in total. The summed E-state index contributed by atoms with van der Waals surface area (Å²) in [5.41, 5.74) is 1.32. The lowest BCUT2D eigenvalue weighted by Gasteiger charge is -2.29. The van der Waals surface area contributed by atoms with Gasteiger partial charge >= 0.3 is 6.03 Å². The maximum absolute atomic E-state index is 12.8. The standard InChI is InChI=1S/C16H21N5OS/c22-16(18-14-4-1-5-15-13(14)6-10-23-15)21-8-2-3-12(21)11-20-9-7-17-19-20/h6-7,9-10,12,14H,1-5,8,11H2,(H,18,22)/t12-,14?/m0/s1. The van der Waals surface area contributed by atoms with Crippen molar-refractivity contribution in [1.82, 2.24) is 25.2 Å². The number of carbonyl (C=O) groups is 1. The first-order valence-electron chi connectivity index (χ1n) is 8.29. The van der Waals surface area contributed by atoms with E-state index >= 15 is 0 Å². The molecule has 1 unspecified atom stereocenters. The molecule has 23 heavy (non-hydrogen) atoms. The van der Waals surface area contributed by atoms with Crippen LogP contribution in [-0.4, -0.2) is 38.5 Å². The third-order valence-electron chi connectivity index (χ3n) is 4.86.